The second-order valence-electron chi connectivity index (χ2n) is 6.18. The lowest BCUT2D eigenvalue weighted by molar-refractivity contribution is 0.361. The van der Waals surface area contributed by atoms with Gasteiger partial charge in [0.15, 0.2) is 0 Å². The number of hydrogen-bond acceptors (Lipinski definition) is 3. The van der Waals surface area contributed by atoms with Crippen molar-refractivity contribution in [1.82, 2.24) is 5.32 Å². The fraction of sp³-hybridized carbons (Fsp3) is 0.667. The molecule has 3 nitrogen and oxygen atoms in total. The van der Waals surface area contributed by atoms with Gasteiger partial charge in [-0.15, -0.1) is 0 Å². The van der Waals surface area contributed by atoms with Crippen LogP contribution in [0.3, 0.4) is 0 Å². The summed E-state index contributed by atoms with van der Waals surface area (Å²) in [7, 11) is 3.90. The van der Waals surface area contributed by atoms with Gasteiger partial charge >= 0.3 is 0 Å². The van der Waals surface area contributed by atoms with Crippen LogP contribution in [-0.4, -0.2) is 33.3 Å². The Morgan fingerprint density at radius 3 is 2.48 bits per heavy atom. The van der Waals surface area contributed by atoms with E-state index in [1.807, 2.05) is 12.1 Å². The lowest BCUT2D eigenvalue weighted by Crippen LogP contribution is -2.44. The van der Waals surface area contributed by atoms with Crippen molar-refractivity contribution in [3.8, 4) is 5.75 Å². The maximum atomic E-state index is 5.23. The third-order valence-electron chi connectivity index (χ3n) is 4.61. The summed E-state index contributed by atoms with van der Waals surface area (Å²) in [5.74, 6) is 1.76. The first-order valence-corrected chi connectivity index (χ1v) is 8.33. The second kappa shape index (κ2) is 8.28. The molecular weight excluding hydrogens is 260 g/mol. The van der Waals surface area contributed by atoms with E-state index >= 15 is 0 Å². The molecular formula is C18H30N2O. The lowest BCUT2D eigenvalue weighted by Gasteiger charge is -2.30. The van der Waals surface area contributed by atoms with Crippen molar-refractivity contribution >= 4 is 5.69 Å². The van der Waals surface area contributed by atoms with Crippen molar-refractivity contribution in [1.29, 1.82) is 0 Å². The van der Waals surface area contributed by atoms with E-state index < -0.39 is 0 Å². The molecule has 1 atom stereocenters. The highest BCUT2D eigenvalue weighted by Gasteiger charge is 2.25. The van der Waals surface area contributed by atoms with Crippen LogP contribution in [0.5, 0.6) is 5.75 Å². The van der Waals surface area contributed by atoms with Crippen LogP contribution >= 0.6 is 0 Å². The molecule has 0 spiro atoms. The SMILES string of the molecule is CCCNC(CN(C)c1ccc(OC)cc1)C1CCCC1. The number of nitrogens with zero attached hydrogens (tertiary/aromatic N) is 1. The Labute approximate surface area is 129 Å². The molecule has 1 aliphatic rings. The average molecular weight is 290 g/mol. The minimum atomic E-state index is 0.611. The summed E-state index contributed by atoms with van der Waals surface area (Å²) in [5, 5.41) is 3.77. The molecule has 0 aliphatic heterocycles. The molecule has 21 heavy (non-hydrogen) atoms. The maximum absolute atomic E-state index is 5.23. The zero-order valence-electron chi connectivity index (χ0n) is 13.8. The number of ether oxygens (including phenoxy) is 1. The smallest absolute Gasteiger partial charge is 0.119 e. The molecule has 3 heteroatoms. The average Bonchev–Trinajstić information content (AvgIpc) is 3.05. The molecule has 0 bridgehead atoms. The molecule has 0 saturated heterocycles. The van der Waals surface area contributed by atoms with Gasteiger partial charge in [-0.2, -0.15) is 0 Å². The van der Waals surface area contributed by atoms with Gasteiger partial charge in [-0.1, -0.05) is 19.8 Å². The molecule has 1 N–H and O–H groups in total. The predicted octanol–water partition coefficient (Wildman–Crippen LogP) is 3.69. The number of benzene rings is 1. The van der Waals surface area contributed by atoms with Gasteiger partial charge in [-0.05, 0) is 56.0 Å². The van der Waals surface area contributed by atoms with Crippen LogP contribution in [0.1, 0.15) is 39.0 Å². The Bertz CT molecular complexity index is 398. The van der Waals surface area contributed by atoms with E-state index in [4.69, 9.17) is 4.74 Å². The van der Waals surface area contributed by atoms with E-state index in [-0.39, 0.29) is 0 Å². The fourth-order valence-electron chi connectivity index (χ4n) is 3.31. The van der Waals surface area contributed by atoms with Crippen molar-refractivity contribution in [2.75, 3.05) is 32.1 Å². The Hall–Kier alpha value is -1.22. The van der Waals surface area contributed by atoms with Gasteiger partial charge in [0.25, 0.3) is 0 Å². The van der Waals surface area contributed by atoms with Gasteiger partial charge in [0, 0.05) is 25.3 Å². The molecule has 0 heterocycles. The summed E-state index contributed by atoms with van der Waals surface area (Å²) in [6.07, 6.45) is 6.79. The summed E-state index contributed by atoms with van der Waals surface area (Å²) in [4.78, 5) is 2.37. The van der Waals surface area contributed by atoms with Gasteiger partial charge in [0.2, 0.25) is 0 Å². The molecule has 1 aliphatic carbocycles. The number of nitrogens with one attached hydrogen (secondary N) is 1. The van der Waals surface area contributed by atoms with Crippen LogP contribution < -0.4 is 15.0 Å². The minimum absolute atomic E-state index is 0.611. The first-order valence-electron chi connectivity index (χ1n) is 8.33. The molecule has 1 fully saturated rings. The largest absolute Gasteiger partial charge is 0.497 e. The topological polar surface area (TPSA) is 24.5 Å². The van der Waals surface area contributed by atoms with Gasteiger partial charge in [-0.3, -0.25) is 0 Å². The monoisotopic (exact) mass is 290 g/mol. The summed E-state index contributed by atoms with van der Waals surface area (Å²) < 4.78 is 5.23. The molecule has 0 radical (unpaired) electrons. The van der Waals surface area contributed by atoms with Crippen molar-refractivity contribution in [2.24, 2.45) is 5.92 Å². The van der Waals surface area contributed by atoms with Gasteiger partial charge in [0.1, 0.15) is 5.75 Å². The van der Waals surface area contributed by atoms with Crippen LogP contribution in [0, 0.1) is 5.92 Å². The van der Waals surface area contributed by atoms with Crippen LogP contribution in [0.15, 0.2) is 24.3 Å². The highest BCUT2D eigenvalue weighted by molar-refractivity contribution is 5.48. The lowest BCUT2D eigenvalue weighted by atomic mass is 9.97. The fourth-order valence-corrected chi connectivity index (χ4v) is 3.31. The number of likely N-dealkylation sites (N-methyl/N-ethyl adjacent to an activating group) is 1. The van der Waals surface area contributed by atoms with E-state index in [0.29, 0.717) is 6.04 Å². The predicted molar refractivity (Wildman–Crippen MR) is 90.3 cm³/mol. The van der Waals surface area contributed by atoms with Crippen LogP contribution in [0.4, 0.5) is 5.69 Å². The Morgan fingerprint density at radius 2 is 1.90 bits per heavy atom. The van der Waals surface area contributed by atoms with Gasteiger partial charge in [-0.25, -0.2) is 0 Å². The summed E-state index contributed by atoms with van der Waals surface area (Å²) in [5.41, 5.74) is 1.26. The highest BCUT2D eigenvalue weighted by Crippen LogP contribution is 2.29. The van der Waals surface area contributed by atoms with Crippen LogP contribution in [0.25, 0.3) is 0 Å². The number of anilines is 1. The first kappa shape index (κ1) is 16.2. The Kier molecular flexibility index (Phi) is 6.37. The van der Waals surface area contributed by atoms with Gasteiger partial charge < -0.3 is 15.0 Å². The standard InChI is InChI=1S/C18H30N2O/c1-4-13-19-18(15-7-5-6-8-15)14-20(2)16-9-11-17(21-3)12-10-16/h9-12,15,18-19H,4-8,13-14H2,1-3H3. The zero-order chi connectivity index (χ0) is 15.1. The molecule has 118 valence electrons. The molecule has 0 amide bonds. The van der Waals surface area contributed by atoms with E-state index in [1.165, 1.54) is 37.8 Å². The summed E-state index contributed by atoms with van der Waals surface area (Å²) in [6, 6.07) is 8.97. The quantitative estimate of drug-likeness (QED) is 0.790. The second-order valence-corrected chi connectivity index (χ2v) is 6.18. The van der Waals surface area contributed by atoms with Gasteiger partial charge in [0.05, 0.1) is 7.11 Å². The molecule has 1 saturated carbocycles. The maximum Gasteiger partial charge on any atom is 0.119 e. The van der Waals surface area contributed by atoms with Crippen molar-refractivity contribution in [3.05, 3.63) is 24.3 Å². The summed E-state index contributed by atoms with van der Waals surface area (Å²) in [6.45, 7) is 4.44. The van der Waals surface area contributed by atoms with E-state index in [2.05, 4.69) is 36.3 Å². The number of hydrogen-bond donors (Lipinski definition) is 1. The molecule has 2 rings (SSSR count). The summed E-state index contributed by atoms with van der Waals surface area (Å²) >= 11 is 0. The van der Waals surface area contributed by atoms with Crippen molar-refractivity contribution in [2.45, 2.75) is 45.1 Å². The first-order chi connectivity index (χ1) is 10.2. The highest BCUT2D eigenvalue weighted by atomic mass is 16.5. The van der Waals surface area contributed by atoms with E-state index in [1.54, 1.807) is 7.11 Å². The molecule has 1 unspecified atom stereocenters. The van der Waals surface area contributed by atoms with E-state index in [0.717, 1.165) is 24.8 Å². The number of methoxy groups -OCH3 is 1. The third kappa shape index (κ3) is 4.63. The Morgan fingerprint density at radius 1 is 1.24 bits per heavy atom. The normalized spacial score (nSPS) is 16.9. The van der Waals surface area contributed by atoms with Crippen LogP contribution in [-0.2, 0) is 0 Å². The zero-order valence-corrected chi connectivity index (χ0v) is 13.8. The van der Waals surface area contributed by atoms with Crippen LogP contribution in [0.2, 0.25) is 0 Å². The molecule has 0 aromatic heterocycles. The van der Waals surface area contributed by atoms with Crippen molar-refractivity contribution in [3.63, 3.8) is 0 Å². The van der Waals surface area contributed by atoms with E-state index in [9.17, 15) is 0 Å². The molecule has 1 aromatic carbocycles. The minimum Gasteiger partial charge on any atom is -0.497 e. The van der Waals surface area contributed by atoms with Crippen molar-refractivity contribution < 1.29 is 4.74 Å². The molecule has 1 aromatic rings. The Balaban J connectivity index is 1.96. The number of rotatable bonds is 8. The third-order valence-corrected chi connectivity index (χ3v) is 4.61.